The van der Waals surface area contributed by atoms with E-state index in [1.54, 1.807) is 6.20 Å². The van der Waals surface area contributed by atoms with Gasteiger partial charge in [-0.15, -0.1) is 0 Å². The fourth-order valence-electron chi connectivity index (χ4n) is 4.15. The Labute approximate surface area is 194 Å². The average molecular weight is 429 g/mol. The zero-order valence-electron chi connectivity index (χ0n) is 18.7. The first-order chi connectivity index (χ1) is 16.2. The molecule has 2 heterocycles. The molecule has 0 fully saturated rings. The lowest BCUT2D eigenvalue weighted by atomic mass is 9.93. The molecule has 3 aromatic carbocycles. The molecule has 0 atom stereocenters. The van der Waals surface area contributed by atoms with Gasteiger partial charge in [-0.25, -0.2) is 9.97 Å². The molecule has 3 nitrogen and oxygen atoms in total. The van der Waals surface area contributed by atoms with Gasteiger partial charge in [0.2, 0.25) is 5.88 Å². The summed E-state index contributed by atoms with van der Waals surface area (Å²) in [6.07, 6.45) is 1.72. The van der Waals surface area contributed by atoms with E-state index in [2.05, 4.69) is 73.4 Å². The van der Waals surface area contributed by atoms with Crippen molar-refractivity contribution in [3.05, 3.63) is 120 Å². The van der Waals surface area contributed by atoms with E-state index in [0.29, 0.717) is 5.88 Å². The van der Waals surface area contributed by atoms with Crippen LogP contribution in [-0.2, 0) is 0 Å². The van der Waals surface area contributed by atoms with Gasteiger partial charge in [-0.1, -0.05) is 66.7 Å². The van der Waals surface area contributed by atoms with Crippen molar-refractivity contribution in [3.63, 3.8) is 0 Å². The summed E-state index contributed by atoms with van der Waals surface area (Å²) in [7, 11) is 0. The van der Waals surface area contributed by atoms with Crippen LogP contribution in [0.3, 0.4) is 0 Å². The highest BCUT2D eigenvalue weighted by Crippen LogP contribution is 2.33. The molecule has 5 rings (SSSR count). The fourth-order valence-corrected chi connectivity index (χ4v) is 4.15. The van der Waals surface area contributed by atoms with Crippen molar-refractivity contribution in [2.24, 2.45) is 0 Å². The number of hydrogen-bond acceptors (Lipinski definition) is 3. The Kier molecular flexibility index (Phi) is 5.69. The molecule has 0 unspecified atom stereocenters. The maximum atomic E-state index is 5.91. The van der Waals surface area contributed by atoms with Gasteiger partial charge in [0.05, 0.1) is 11.4 Å². The van der Waals surface area contributed by atoms with Crippen molar-refractivity contribution in [3.8, 4) is 45.3 Å². The Hall–Kier alpha value is -4.24. The van der Waals surface area contributed by atoms with Crippen LogP contribution < -0.4 is 4.74 Å². The average Bonchev–Trinajstić information content (AvgIpc) is 2.85. The van der Waals surface area contributed by atoms with Crippen LogP contribution in [-0.4, -0.2) is 9.97 Å². The third-order valence-corrected chi connectivity index (χ3v) is 5.64. The zero-order valence-corrected chi connectivity index (χ0v) is 18.7. The highest BCUT2D eigenvalue weighted by molar-refractivity contribution is 5.76. The first-order valence-corrected chi connectivity index (χ1v) is 11.0. The minimum absolute atomic E-state index is 0.570. The van der Waals surface area contributed by atoms with Crippen molar-refractivity contribution >= 4 is 0 Å². The lowest BCUT2D eigenvalue weighted by Gasteiger charge is -2.14. The Bertz CT molecular complexity index is 1370. The van der Waals surface area contributed by atoms with Crippen LogP contribution in [0, 0.1) is 13.8 Å². The van der Waals surface area contributed by atoms with E-state index >= 15 is 0 Å². The van der Waals surface area contributed by atoms with Gasteiger partial charge in [-0.3, -0.25) is 0 Å². The number of ether oxygens (including phenoxy) is 1. The van der Waals surface area contributed by atoms with Gasteiger partial charge >= 0.3 is 0 Å². The lowest BCUT2D eigenvalue weighted by molar-refractivity contribution is 0.463. The maximum Gasteiger partial charge on any atom is 0.219 e. The van der Waals surface area contributed by atoms with E-state index in [-0.39, 0.29) is 0 Å². The largest absolute Gasteiger partial charge is 0.439 e. The first kappa shape index (κ1) is 20.7. The molecule has 0 bridgehead atoms. The van der Waals surface area contributed by atoms with Crippen molar-refractivity contribution in [2.75, 3.05) is 0 Å². The van der Waals surface area contributed by atoms with E-state index in [0.717, 1.165) is 22.7 Å². The normalized spacial score (nSPS) is 10.7. The minimum atomic E-state index is 0.570. The van der Waals surface area contributed by atoms with Gasteiger partial charge in [0, 0.05) is 23.4 Å². The standard InChI is InChI=1S/C30H24N2O/c1-21-18-25(23-10-4-3-5-11-23)19-22(2)30(21)28-15-9-14-27(32-28)24-12-8-13-26(20-24)33-29-16-6-7-17-31-29/h3-20H,1-2H3. The molecule has 3 heteroatoms. The highest BCUT2D eigenvalue weighted by Gasteiger charge is 2.12. The summed E-state index contributed by atoms with van der Waals surface area (Å²) in [5.41, 5.74) is 8.94. The molecule has 0 N–H and O–H groups in total. The molecule has 0 spiro atoms. The summed E-state index contributed by atoms with van der Waals surface area (Å²) in [5, 5.41) is 0. The third-order valence-electron chi connectivity index (χ3n) is 5.64. The van der Waals surface area contributed by atoms with E-state index in [9.17, 15) is 0 Å². The Morgan fingerprint density at radius 3 is 2.03 bits per heavy atom. The van der Waals surface area contributed by atoms with Crippen LogP contribution in [0.4, 0.5) is 0 Å². The van der Waals surface area contributed by atoms with E-state index in [1.165, 1.54) is 27.8 Å². The SMILES string of the molecule is Cc1cc(-c2ccccc2)cc(C)c1-c1cccc(-c2cccc(Oc3ccccn3)c2)n1. The topological polar surface area (TPSA) is 35.0 Å². The molecule has 0 aliphatic heterocycles. The maximum absolute atomic E-state index is 5.91. The molecule has 0 saturated carbocycles. The van der Waals surface area contributed by atoms with Gasteiger partial charge in [-0.05, 0) is 66.4 Å². The van der Waals surface area contributed by atoms with Gasteiger partial charge in [0.15, 0.2) is 0 Å². The molecule has 0 aliphatic carbocycles. The monoisotopic (exact) mass is 428 g/mol. The molecule has 160 valence electrons. The summed E-state index contributed by atoms with van der Waals surface area (Å²) in [6.45, 7) is 4.31. The third kappa shape index (κ3) is 4.53. The molecule has 0 saturated heterocycles. The summed E-state index contributed by atoms with van der Waals surface area (Å²) < 4.78 is 5.91. The number of nitrogens with zero attached hydrogens (tertiary/aromatic N) is 2. The Morgan fingerprint density at radius 2 is 1.27 bits per heavy atom. The Balaban J connectivity index is 1.49. The minimum Gasteiger partial charge on any atom is -0.439 e. The Morgan fingerprint density at radius 1 is 0.576 bits per heavy atom. The highest BCUT2D eigenvalue weighted by atomic mass is 16.5. The van der Waals surface area contributed by atoms with E-state index in [1.807, 2.05) is 48.5 Å². The summed E-state index contributed by atoms with van der Waals surface area (Å²) in [4.78, 5) is 9.25. The second-order valence-electron chi connectivity index (χ2n) is 8.06. The van der Waals surface area contributed by atoms with E-state index < -0.39 is 0 Å². The van der Waals surface area contributed by atoms with Gasteiger partial charge in [0.25, 0.3) is 0 Å². The second kappa shape index (κ2) is 9.09. The van der Waals surface area contributed by atoms with Crippen molar-refractivity contribution in [1.82, 2.24) is 9.97 Å². The van der Waals surface area contributed by atoms with E-state index in [4.69, 9.17) is 9.72 Å². The number of rotatable bonds is 5. The van der Waals surface area contributed by atoms with Crippen molar-refractivity contribution < 1.29 is 4.74 Å². The summed E-state index contributed by atoms with van der Waals surface area (Å²) in [5.74, 6) is 1.30. The molecule has 0 radical (unpaired) electrons. The smallest absolute Gasteiger partial charge is 0.219 e. The molecule has 33 heavy (non-hydrogen) atoms. The van der Waals surface area contributed by atoms with Gasteiger partial charge in [-0.2, -0.15) is 0 Å². The number of benzene rings is 3. The second-order valence-corrected chi connectivity index (χ2v) is 8.06. The van der Waals surface area contributed by atoms with Gasteiger partial charge in [0.1, 0.15) is 5.75 Å². The van der Waals surface area contributed by atoms with Crippen LogP contribution in [0.25, 0.3) is 33.6 Å². The number of hydrogen-bond donors (Lipinski definition) is 0. The van der Waals surface area contributed by atoms with Crippen LogP contribution in [0.5, 0.6) is 11.6 Å². The van der Waals surface area contributed by atoms with Crippen molar-refractivity contribution in [1.29, 1.82) is 0 Å². The fraction of sp³-hybridized carbons (Fsp3) is 0.0667. The van der Waals surface area contributed by atoms with Crippen LogP contribution in [0.15, 0.2) is 109 Å². The number of aryl methyl sites for hydroxylation is 2. The lowest BCUT2D eigenvalue weighted by Crippen LogP contribution is -1.94. The molecule has 2 aromatic heterocycles. The molecular formula is C30H24N2O. The van der Waals surface area contributed by atoms with Crippen LogP contribution in [0.1, 0.15) is 11.1 Å². The quantitative estimate of drug-likeness (QED) is 0.285. The summed E-state index contributed by atoms with van der Waals surface area (Å²) >= 11 is 0. The van der Waals surface area contributed by atoms with Gasteiger partial charge < -0.3 is 4.74 Å². The predicted molar refractivity (Wildman–Crippen MR) is 134 cm³/mol. The number of pyridine rings is 2. The summed E-state index contributed by atoms with van der Waals surface area (Å²) in [6, 6.07) is 34.7. The molecule has 0 amide bonds. The van der Waals surface area contributed by atoms with Crippen LogP contribution >= 0.6 is 0 Å². The molecular weight excluding hydrogens is 404 g/mol. The number of aromatic nitrogens is 2. The first-order valence-electron chi connectivity index (χ1n) is 11.0. The molecule has 0 aliphatic rings. The molecule has 5 aromatic rings. The van der Waals surface area contributed by atoms with Crippen molar-refractivity contribution in [2.45, 2.75) is 13.8 Å². The zero-order chi connectivity index (χ0) is 22.6. The van der Waals surface area contributed by atoms with Crippen LogP contribution in [0.2, 0.25) is 0 Å². The predicted octanol–water partition coefficient (Wildman–Crippen LogP) is 7.89.